The first kappa shape index (κ1) is 8.02. The molecular weight excluding hydrogens is 126 g/mol. The summed E-state index contributed by atoms with van der Waals surface area (Å²) < 4.78 is 0. The van der Waals surface area contributed by atoms with E-state index in [2.05, 4.69) is 14.1 Å². The molecule has 0 amide bonds. The zero-order valence-electron chi connectivity index (χ0n) is 6.93. The zero-order valence-corrected chi connectivity index (χ0v) is 6.93. The van der Waals surface area contributed by atoms with E-state index in [-0.39, 0.29) is 6.10 Å². The smallest absolute Gasteiger partial charge is 0.0872 e. The fourth-order valence-corrected chi connectivity index (χ4v) is 1.65. The maximum Gasteiger partial charge on any atom is 0.0872 e. The summed E-state index contributed by atoms with van der Waals surface area (Å²) in [5, 5.41) is 9.20. The minimum atomic E-state index is -0.00407. The van der Waals surface area contributed by atoms with Crippen molar-refractivity contribution in [2.75, 3.05) is 14.1 Å². The van der Waals surface area contributed by atoms with E-state index in [1.165, 1.54) is 17.7 Å². The van der Waals surface area contributed by atoms with Crippen molar-refractivity contribution in [3.05, 3.63) is 0 Å². The fourth-order valence-electron chi connectivity index (χ4n) is 1.65. The van der Waals surface area contributed by atoms with Gasteiger partial charge in [-0.1, -0.05) is 0 Å². The Morgan fingerprint density at radius 3 is 2.00 bits per heavy atom. The first-order chi connectivity index (χ1) is 4.70. The standard InChI is InChI=1S/C8H17NO/c1-9(2)7-3-5-8(10)6-4-7/h7-8,10H,3-6H2,1-2H3/p+1. The van der Waals surface area contributed by atoms with Crippen LogP contribution < -0.4 is 4.90 Å². The quantitative estimate of drug-likeness (QED) is 0.506. The minimum Gasteiger partial charge on any atom is -0.393 e. The predicted octanol–water partition coefficient (Wildman–Crippen LogP) is -0.566. The van der Waals surface area contributed by atoms with Crippen LogP contribution >= 0.6 is 0 Å². The number of nitrogens with one attached hydrogen (secondary N) is 1. The molecule has 1 rings (SSSR count). The molecule has 0 atom stereocenters. The van der Waals surface area contributed by atoms with Gasteiger partial charge < -0.3 is 10.0 Å². The molecule has 0 aromatic rings. The average Bonchev–Trinajstić information content (AvgIpc) is 1.88. The van der Waals surface area contributed by atoms with Gasteiger partial charge in [-0.2, -0.15) is 0 Å². The molecule has 0 bridgehead atoms. The van der Waals surface area contributed by atoms with Crippen molar-refractivity contribution in [2.24, 2.45) is 0 Å². The molecule has 0 unspecified atom stereocenters. The van der Waals surface area contributed by atoms with Crippen molar-refractivity contribution in [3.8, 4) is 0 Å². The third kappa shape index (κ3) is 1.96. The molecule has 0 aromatic carbocycles. The number of hydrogen-bond acceptors (Lipinski definition) is 1. The van der Waals surface area contributed by atoms with Crippen LogP contribution in [0.4, 0.5) is 0 Å². The number of aliphatic hydroxyl groups excluding tert-OH is 1. The second-order valence-electron chi connectivity index (χ2n) is 3.58. The molecule has 2 N–H and O–H groups in total. The van der Waals surface area contributed by atoms with Gasteiger partial charge in [-0.25, -0.2) is 0 Å². The van der Waals surface area contributed by atoms with Gasteiger partial charge in [0.15, 0.2) is 0 Å². The van der Waals surface area contributed by atoms with Crippen molar-refractivity contribution in [1.29, 1.82) is 0 Å². The molecule has 0 spiro atoms. The Balaban J connectivity index is 2.26. The van der Waals surface area contributed by atoms with Crippen molar-refractivity contribution in [2.45, 2.75) is 37.8 Å². The molecule has 1 aliphatic carbocycles. The number of rotatable bonds is 1. The van der Waals surface area contributed by atoms with Crippen molar-refractivity contribution < 1.29 is 10.0 Å². The molecule has 10 heavy (non-hydrogen) atoms. The Kier molecular flexibility index (Phi) is 2.69. The summed E-state index contributed by atoms with van der Waals surface area (Å²) in [6.45, 7) is 0. The van der Waals surface area contributed by atoms with Gasteiger partial charge in [0, 0.05) is 12.8 Å². The summed E-state index contributed by atoms with van der Waals surface area (Å²) in [5.74, 6) is 0. The molecule has 2 nitrogen and oxygen atoms in total. The molecule has 2 heteroatoms. The topological polar surface area (TPSA) is 24.7 Å². The Hall–Kier alpha value is -0.0800. The van der Waals surface area contributed by atoms with Crippen LogP contribution in [0.2, 0.25) is 0 Å². The highest BCUT2D eigenvalue weighted by Gasteiger charge is 2.22. The third-order valence-electron chi connectivity index (χ3n) is 2.51. The van der Waals surface area contributed by atoms with Gasteiger partial charge in [0.25, 0.3) is 0 Å². The molecule has 0 radical (unpaired) electrons. The van der Waals surface area contributed by atoms with Gasteiger partial charge in [0.1, 0.15) is 0 Å². The van der Waals surface area contributed by atoms with Crippen molar-refractivity contribution in [3.63, 3.8) is 0 Å². The number of hydrogen-bond donors (Lipinski definition) is 2. The normalized spacial score (nSPS) is 34.8. The molecule has 0 aliphatic heterocycles. The van der Waals surface area contributed by atoms with E-state index in [0.717, 1.165) is 18.9 Å². The average molecular weight is 144 g/mol. The fraction of sp³-hybridized carbons (Fsp3) is 1.00. The molecule has 1 fully saturated rings. The molecular formula is C8H18NO+. The van der Waals surface area contributed by atoms with Gasteiger partial charge in [-0.05, 0) is 12.8 Å². The van der Waals surface area contributed by atoms with E-state index in [1.54, 1.807) is 0 Å². The van der Waals surface area contributed by atoms with Crippen LogP contribution in [0.3, 0.4) is 0 Å². The molecule has 1 aliphatic rings. The molecule has 60 valence electrons. The largest absolute Gasteiger partial charge is 0.393 e. The van der Waals surface area contributed by atoms with Crippen LogP contribution in [0.15, 0.2) is 0 Å². The van der Waals surface area contributed by atoms with Crippen LogP contribution in [0.25, 0.3) is 0 Å². The Bertz CT molecular complexity index is 95.4. The number of aliphatic hydroxyl groups is 1. The van der Waals surface area contributed by atoms with Gasteiger partial charge in [0.2, 0.25) is 0 Å². The predicted molar refractivity (Wildman–Crippen MR) is 41.1 cm³/mol. The number of quaternary nitrogens is 1. The SMILES string of the molecule is C[NH+](C)C1CCC(O)CC1. The molecule has 0 aromatic heterocycles. The Morgan fingerprint density at radius 2 is 1.60 bits per heavy atom. The lowest BCUT2D eigenvalue weighted by atomic mass is 9.93. The summed E-state index contributed by atoms with van der Waals surface area (Å²) in [7, 11) is 4.39. The summed E-state index contributed by atoms with van der Waals surface area (Å²) in [4.78, 5) is 1.53. The van der Waals surface area contributed by atoms with E-state index in [9.17, 15) is 5.11 Å². The van der Waals surface area contributed by atoms with E-state index in [1.807, 2.05) is 0 Å². The van der Waals surface area contributed by atoms with E-state index in [4.69, 9.17) is 0 Å². The lowest BCUT2D eigenvalue weighted by Gasteiger charge is -2.27. The van der Waals surface area contributed by atoms with Crippen LogP contribution in [-0.4, -0.2) is 31.3 Å². The lowest BCUT2D eigenvalue weighted by molar-refractivity contribution is -0.887. The summed E-state index contributed by atoms with van der Waals surface area (Å²) in [5.41, 5.74) is 0. The maximum atomic E-state index is 9.20. The Morgan fingerprint density at radius 1 is 1.10 bits per heavy atom. The summed E-state index contributed by atoms with van der Waals surface area (Å²) in [6, 6.07) is 0.795. The molecule has 0 heterocycles. The van der Waals surface area contributed by atoms with Crippen LogP contribution in [0, 0.1) is 0 Å². The highest BCUT2D eigenvalue weighted by atomic mass is 16.3. The third-order valence-corrected chi connectivity index (χ3v) is 2.51. The van der Waals surface area contributed by atoms with Crippen LogP contribution in [0.5, 0.6) is 0 Å². The second kappa shape index (κ2) is 3.35. The van der Waals surface area contributed by atoms with E-state index < -0.39 is 0 Å². The highest BCUT2D eigenvalue weighted by Crippen LogP contribution is 2.15. The minimum absolute atomic E-state index is 0.00407. The Labute approximate surface area is 62.8 Å². The monoisotopic (exact) mass is 144 g/mol. The van der Waals surface area contributed by atoms with Gasteiger partial charge in [0.05, 0.1) is 26.2 Å². The maximum absolute atomic E-state index is 9.20. The van der Waals surface area contributed by atoms with Crippen LogP contribution in [0.1, 0.15) is 25.7 Å². The van der Waals surface area contributed by atoms with Crippen LogP contribution in [-0.2, 0) is 0 Å². The van der Waals surface area contributed by atoms with Gasteiger partial charge in [-0.15, -0.1) is 0 Å². The zero-order chi connectivity index (χ0) is 7.56. The summed E-state index contributed by atoms with van der Waals surface area (Å²) in [6.07, 6.45) is 4.41. The van der Waals surface area contributed by atoms with Gasteiger partial charge >= 0.3 is 0 Å². The first-order valence-electron chi connectivity index (χ1n) is 4.18. The van der Waals surface area contributed by atoms with Crippen molar-refractivity contribution in [1.82, 2.24) is 0 Å². The van der Waals surface area contributed by atoms with E-state index >= 15 is 0 Å². The lowest BCUT2D eigenvalue weighted by Crippen LogP contribution is -3.10. The van der Waals surface area contributed by atoms with E-state index in [0.29, 0.717) is 0 Å². The first-order valence-corrected chi connectivity index (χ1v) is 4.18. The molecule has 1 saturated carbocycles. The van der Waals surface area contributed by atoms with Crippen molar-refractivity contribution >= 4 is 0 Å². The highest BCUT2D eigenvalue weighted by molar-refractivity contribution is 4.69. The van der Waals surface area contributed by atoms with Gasteiger partial charge in [-0.3, -0.25) is 0 Å². The second-order valence-corrected chi connectivity index (χ2v) is 3.58. The summed E-state index contributed by atoms with van der Waals surface area (Å²) >= 11 is 0. The molecule has 0 saturated heterocycles.